The van der Waals surface area contributed by atoms with Crippen molar-refractivity contribution in [1.82, 2.24) is 19.3 Å². The lowest BCUT2D eigenvalue weighted by atomic mass is 10.3. The smallest absolute Gasteiger partial charge is 0.248 e. The summed E-state index contributed by atoms with van der Waals surface area (Å²) in [6, 6.07) is 0. The number of carbonyl (C=O) groups excluding carboxylic acids is 1. The van der Waals surface area contributed by atoms with Gasteiger partial charge in [0, 0.05) is 39.1 Å². The zero-order valence-corrected chi connectivity index (χ0v) is 16.3. The van der Waals surface area contributed by atoms with Crippen molar-refractivity contribution < 1.29 is 17.7 Å². The molecule has 0 bridgehead atoms. The van der Waals surface area contributed by atoms with Crippen molar-refractivity contribution in [3.63, 3.8) is 0 Å². The van der Waals surface area contributed by atoms with E-state index in [2.05, 4.69) is 23.9 Å². The van der Waals surface area contributed by atoms with Gasteiger partial charge < -0.3 is 14.3 Å². The van der Waals surface area contributed by atoms with Crippen LogP contribution in [0.2, 0.25) is 0 Å². The fourth-order valence-corrected chi connectivity index (χ4v) is 4.81. The van der Waals surface area contributed by atoms with Gasteiger partial charge in [0.2, 0.25) is 15.9 Å². The Morgan fingerprint density at radius 1 is 1.16 bits per heavy atom. The van der Waals surface area contributed by atoms with Crippen LogP contribution in [0.5, 0.6) is 0 Å². The molecule has 1 amide bonds. The summed E-state index contributed by atoms with van der Waals surface area (Å²) < 4.78 is 31.9. The zero-order valence-electron chi connectivity index (χ0n) is 15.5. The highest BCUT2D eigenvalue weighted by molar-refractivity contribution is 7.89. The Morgan fingerprint density at radius 2 is 1.76 bits per heavy atom. The van der Waals surface area contributed by atoms with Crippen molar-refractivity contribution in [1.29, 1.82) is 0 Å². The van der Waals surface area contributed by atoms with Crippen molar-refractivity contribution in [3.8, 4) is 0 Å². The first kappa shape index (κ1) is 19.9. The van der Waals surface area contributed by atoms with Gasteiger partial charge in [-0.25, -0.2) is 8.42 Å². The van der Waals surface area contributed by atoms with Crippen LogP contribution in [-0.2, 0) is 14.8 Å². The highest BCUT2D eigenvalue weighted by atomic mass is 32.2. The van der Waals surface area contributed by atoms with Gasteiger partial charge in [0.05, 0.1) is 0 Å². The molecule has 0 atom stereocenters. The Hall–Kier alpha value is -1.45. The summed E-state index contributed by atoms with van der Waals surface area (Å²) in [5, 5.41) is 3.73. The third kappa shape index (κ3) is 4.39. The lowest BCUT2D eigenvalue weighted by molar-refractivity contribution is -0.132. The minimum absolute atomic E-state index is 0.0845. The Morgan fingerprint density at radius 3 is 2.24 bits per heavy atom. The van der Waals surface area contributed by atoms with E-state index in [1.165, 1.54) is 4.31 Å². The van der Waals surface area contributed by atoms with E-state index >= 15 is 0 Å². The minimum Gasteiger partial charge on any atom is -0.360 e. The SMILES string of the molecule is CCN(CC)CCC(=O)N1CCN(S(=O)(=O)c2c(C)noc2C)CC1. The quantitative estimate of drug-likeness (QED) is 0.705. The number of aromatic nitrogens is 1. The fourth-order valence-electron chi connectivity index (χ4n) is 3.10. The van der Waals surface area contributed by atoms with Crippen LogP contribution >= 0.6 is 0 Å². The first-order valence-corrected chi connectivity index (χ1v) is 10.2. The Labute approximate surface area is 149 Å². The maximum Gasteiger partial charge on any atom is 0.248 e. The Bertz CT molecular complexity index is 669. The lowest BCUT2D eigenvalue weighted by Crippen LogP contribution is -2.51. The fraction of sp³-hybridized carbons (Fsp3) is 0.750. The molecule has 0 N–H and O–H groups in total. The van der Waals surface area contributed by atoms with Crippen LogP contribution in [0.15, 0.2) is 9.42 Å². The molecule has 1 aromatic rings. The molecule has 0 aromatic carbocycles. The molecule has 2 heterocycles. The second-order valence-electron chi connectivity index (χ2n) is 6.22. The standard InChI is InChI=1S/C16H28N4O4S/c1-5-18(6-2)8-7-15(21)19-9-11-20(12-10-19)25(22,23)16-13(3)17-24-14(16)4/h5-12H2,1-4H3. The van der Waals surface area contributed by atoms with Gasteiger partial charge in [-0.3, -0.25) is 4.79 Å². The van der Waals surface area contributed by atoms with Gasteiger partial charge in [-0.2, -0.15) is 4.31 Å². The molecule has 1 aliphatic heterocycles. The summed E-state index contributed by atoms with van der Waals surface area (Å²) in [5.41, 5.74) is 0.371. The number of sulfonamides is 1. The van der Waals surface area contributed by atoms with E-state index in [0.29, 0.717) is 44.1 Å². The molecule has 1 fully saturated rings. The number of amides is 1. The van der Waals surface area contributed by atoms with Gasteiger partial charge in [-0.05, 0) is 26.9 Å². The number of aryl methyl sites for hydroxylation is 2. The molecule has 25 heavy (non-hydrogen) atoms. The summed E-state index contributed by atoms with van der Waals surface area (Å²) in [5.74, 6) is 0.386. The third-order valence-electron chi connectivity index (χ3n) is 4.69. The number of hydrogen-bond donors (Lipinski definition) is 0. The van der Waals surface area contributed by atoms with Crippen molar-refractivity contribution in [2.75, 3.05) is 45.8 Å². The van der Waals surface area contributed by atoms with Crippen LogP contribution < -0.4 is 0 Å². The molecule has 1 aromatic heterocycles. The van der Waals surface area contributed by atoms with E-state index in [0.717, 1.165) is 19.6 Å². The van der Waals surface area contributed by atoms with Crippen LogP contribution in [0.3, 0.4) is 0 Å². The molecule has 8 nitrogen and oxygen atoms in total. The minimum atomic E-state index is -3.63. The molecule has 0 radical (unpaired) electrons. The van der Waals surface area contributed by atoms with E-state index in [1.54, 1.807) is 18.7 Å². The molecular weight excluding hydrogens is 344 g/mol. The number of rotatable bonds is 7. The van der Waals surface area contributed by atoms with E-state index in [4.69, 9.17) is 4.52 Å². The second kappa shape index (κ2) is 8.29. The summed E-state index contributed by atoms with van der Waals surface area (Å²) in [7, 11) is -3.63. The van der Waals surface area contributed by atoms with Crippen molar-refractivity contribution in [2.45, 2.75) is 39.0 Å². The van der Waals surface area contributed by atoms with Gasteiger partial charge >= 0.3 is 0 Å². The maximum absolute atomic E-state index is 12.8. The van der Waals surface area contributed by atoms with E-state index in [1.807, 2.05) is 0 Å². The molecule has 1 saturated heterocycles. The Balaban J connectivity index is 1.94. The van der Waals surface area contributed by atoms with Crippen LogP contribution in [-0.4, -0.2) is 79.4 Å². The average molecular weight is 372 g/mol. The van der Waals surface area contributed by atoms with Gasteiger partial charge in [0.25, 0.3) is 0 Å². The molecule has 9 heteroatoms. The van der Waals surface area contributed by atoms with Crippen molar-refractivity contribution in [3.05, 3.63) is 11.5 Å². The maximum atomic E-state index is 12.8. The number of hydrogen-bond acceptors (Lipinski definition) is 6. The van der Waals surface area contributed by atoms with Crippen molar-refractivity contribution >= 4 is 15.9 Å². The third-order valence-corrected chi connectivity index (χ3v) is 6.84. The highest BCUT2D eigenvalue weighted by Crippen LogP contribution is 2.24. The largest absolute Gasteiger partial charge is 0.360 e. The lowest BCUT2D eigenvalue weighted by Gasteiger charge is -2.34. The summed E-state index contributed by atoms with van der Waals surface area (Å²) in [6.45, 7) is 11.4. The molecule has 0 unspecified atom stereocenters. The predicted molar refractivity (Wildman–Crippen MR) is 93.7 cm³/mol. The number of piperazine rings is 1. The number of carbonyl (C=O) groups is 1. The summed E-state index contributed by atoms with van der Waals surface area (Å²) in [6.07, 6.45) is 0.471. The topological polar surface area (TPSA) is 87.0 Å². The van der Waals surface area contributed by atoms with Crippen LogP contribution in [0.4, 0.5) is 0 Å². The number of nitrogens with zero attached hydrogens (tertiary/aromatic N) is 4. The second-order valence-corrected chi connectivity index (χ2v) is 8.09. The van der Waals surface area contributed by atoms with Gasteiger partial charge in [-0.15, -0.1) is 0 Å². The van der Waals surface area contributed by atoms with Gasteiger partial charge in [-0.1, -0.05) is 19.0 Å². The molecule has 0 spiro atoms. The van der Waals surface area contributed by atoms with Gasteiger partial charge in [0.1, 0.15) is 10.6 Å². The molecule has 2 rings (SSSR count). The normalized spacial score (nSPS) is 16.6. The van der Waals surface area contributed by atoms with E-state index < -0.39 is 10.0 Å². The first-order valence-electron chi connectivity index (χ1n) is 8.74. The van der Waals surface area contributed by atoms with E-state index in [9.17, 15) is 13.2 Å². The predicted octanol–water partition coefficient (Wildman–Crippen LogP) is 0.856. The zero-order chi connectivity index (χ0) is 18.6. The van der Waals surface area contributed by atoms with Crippen LogP contribution in [0, 0.1) is 13.8 Å². The monoisotopic (exact) mass is 372 g/mol. The highest BCUT2D eigenvalue weighted by Gasteiger charge is 2.34. The molecule has 1 aliphatic rings. The molecule has 0 aliphatic carbocycles. The van der Waals surface area contributed by atoms with Crippen molar-refractivity contribution in [2.24, 2.45) is 0 Å². The summed E-state index contributed by atoms with van der Waals surface area (Å²) in [4.78, 5) is 16.4. The van der Waals surface area contributed by atoms with Crippen LogP contribution in [0.25, 0.3) is 0 Å². The molecule has 0 saturated carbocycles. The summed E-state index contributed by atoms with van der Waals surface area (Å²) >= 11 is 0. The first-order chi connectivity index (χ1) is 11.8. The van der Waals surface area contributed by atoms with E-state index in [-0.39, 0.29) is 10.8 Å². The Kier molecular flexibility index (Phi) is 6.59. The van der Waals surface area contributed by atoms with Crippen LogP contribution in [0.1, 0.15) is 31.7 Å². The average Bonchev–Trinajstić information content (AvgIpc) is 2.95. The van der Waals surface area contributed by atoms with Gasteiger partial charge in [0.15, 0.2) is 5.76 Å². The molecular formula is C16H28N4O4S. The molecule has 142 valence electrons.